The monoisotopic (exact) mass is 253 g/mol. The highest BCUT2D eigenvalue weighted by Gasteiger charge is 2.16. The van der Waals surface area contributed by atoms with Crippen molar-refractivity contribution in [3.05, 3.63) is 23.8 Å². The van der Waals surface area contributed by atoms with Gasteiger partial charge in [0.15, 0.2) is 0 Å². The minimum absolute atomic E-state index is 0.00647. The number of rotatable bonds is 5. The minimum atomic E-state index is -0.00647. The Morgan fingerprint density at radius 2 is 1.82 bits per heavy atom. The van der Waals surface area contributed by atoms with Crippen LogP contribution in [-0.2, 0) is 0 Å². The second-order valence-electron chi connectivity index (χ2n) is 4.73. The van der Waals surface area contributed by atoms with E-state index in [4.69, 9.17) is 10.5 Å². The summed E-state index contributed by atoms with van der Waals surface area (Å²) in [4.78, 5) is 1.24. The number of methoxy groups -OCH3 is 1. The Morgan fingerprint density at radius 3 is 2.29 bits per heavy atom. The molecule has 0 heterocycles. The van der Waals surface area contributed by atoms with Gasteiger partial charge in [0.05, 0.1) is 7.11 Å². The molecule has 1 aromatic rings. The van der Waals surface area contributed by atoms with Crippen LogP contribution in [-0.4, -0.2) is 12.4 Å². The van der Waals surface area contributed by atoms with Gasteiger partial charge in [-0.2, -0.15) is 0 Å². The molecule has 17 heavy (non-hydrogen) atoms. The number of benzene rings is 1. The van der Waals surface area contributed by atoms with Crippen molar-refractivity contribution in [2.45, 2.75) is 43.9 Å². The van der Waals surface area contributed by atoms with Gasteiger partial charge in [0.1, 0.15) is 5.75 Å². The second kappa shape index (κ2) is 6.31. The van der Waals surface area contributed by atoms with Crippen LogP contribution in [0, 0.1) is 5.92 Å². The van der Waals surface area contributed by atoms with Crippen LogP contribution in [0.3, 0.4) is 0 Å². The Balaban J connectivity index is 3.06. The molecule has 2 nitrogen and oxygen atoms in total. The summed E-state index contributed by atoms with van der Waals surface area (Å²) in [5.41, 5.74) is 7.17. The molecule has 1 unspecified atom stereocenters. The molecule has 1 rings (SSSR count). The van der Waals surface area contributed by atoms with Crippen LogP contribution in [0.4, 0.5) is 0 Å². The lowest BCUT2D eigenvalue weighted by Crippen LogP contribution is -2.11. The van der Waals surface area contributed by atoms with Crippen molar-refractivity contribution in [3.8, 4) is 5.75 Å². The normalized spacial score (nSPS) is 14.8. The summed E-state index contributed by atoms with van der Waals surface area (Å²) in [6.07, 6.45) is 0. The largest absolute Gasteiger partial charge is 0.496 e. The summed E-state index contributed by atoms with van der Waals surface area (Å²) >= 11 is 1.88. The predicted octanol–water partition coefficient (Wildman–Crippen LogP) is 3.85. The molecule has 0 aliphatic heterocycles. The molecule has 96 valence electrons. The van der Waals surface area contributed by atoms with Crippen molar-refractivity contribution in [2.24, 2.45) is 11.7 Å². The molecule has 0 aliphatic carbocycles. The molecular formula is C14H23NOS. The van der Waals surface area contributed by atoms with Gasteiger partial charge >= 0.3 is 0 Å². The number of hydrogen-bond donors (Lipinski definition) is 1. The van der Waals surface area contributed by atoms with E-state index in [0.717, 1.165) is 11.3 Å². The molecule has 3 heteroatoms. The zero-order chi connectivity index (χ0) is 13.0. The average molecular weight is 253 g/mol. The summed E-state index contributed by atoms with van der Waals surface area (Å²) in [5.74, 6) is 1.54. The van der Waals surface area contributed by atoms with E-state index in [-0.39, 0.29) is 6.04 Å². The molecule has 0 saturated heterocycles. The van der Waals surface area contributed by atoms with Gasteiger partial charge in [-0.25, -0.2) is 0 Å². The summed E-state index contributed by atoms with van der Waals surface area (Å²) < 4.78 is 5.40. The van der Waals surface area contributed by atoms with Gasteiger partial charge in [-0.3, -0.25) is 0 Å². The molecule has 0 saturated carbocycles. The van der Waals surface area contributed by atoms with Crippen molar-refractivity contribution < 1.29 is 4.74 Å². The van der Waals surface area contributed by atoms with Gasteiger partial charge in [-0.05, 0) is 25.0 Å². The lowest BCUT2D eigenvalue weighted by atomic mass is 10.1. The highest BCUT2D eigenvalue weighted by Crippen LogP contribution is 2.37. The first-order valence-electron chi connectivity index (χ1n) is 6.06. The third-order valence-electron chi connectivity index (χ3n) is 2.95. The van der Waals surface area contributed by atoms with E-state index in [1.54, 1.807) is 7.11 Å². The van der Waals surface area contributed by atoms with E-state index in [1.165, 1.54) is 4.90 Å². The Morgan fingerprint density at radius 1 is 1.18 bits per heavy atom. The average Bonchev–Trinajstić information content (AvgIpc) is 2.27. The fraction of sp³-hybridized carbons (Fsp3) is 0.571. The minimum Gasteiger partial charge on any atom is -0.496 e. The molecule has 2 atom stereocenters. The summed E-state index contributed by atoms with van der Waals surface area (Å²) in [6, 6.07) is 6.13. The maximum absolute atomic E-state index is 6.05. The first-order valence-corrected chi connectivity index (χ1v) is 6.94. The van der Waals surface area contributed by atoms with Crippen LogP contribution in [0.25, 0.3) is 0 Å². The summed E-state index contributed by atoms with van der Waals surface area (Å²) in [7, 11) is 1.70. The fourth-order valence-electron chi connectivity index (χ4n) is 1.59. The van der Waals surface area contributed by atoms with Crippen LogP contribution in [0.2, 0.25) is 0 Å². The molecule has 1 aromatic carbocycles. The van der Waals surface area contributed by atoms with E-state index >= 15 is 0 Å². The third-order valence-corrected chi connectivity index (χ3v) is 4.48. The molecule has 0 aromatic heterocycles. The predicted molar refractivity (Wildman–Crippen MR) is 75.8 cm³/mol. The van der Waals surface area contributed by atoms with Crippen LogP contribution in [0.15, 0.2) is 23.1 Å². The van der Waals surface area contributed by atoms with Gasteiger partial charge in [0.2, 0.25) is 0 Å². The number of nitrogens with two attached hydrogens (primary N) is 1. The van der Waals surface area contributed by atoms with E-state index in [0.29, 0.717) is 11.2 Å². The first kappa shape index (κ1) is 14.4. The van der Waals surface area contributed by atoms with E-state index in [9.17, 15) is 0 Å². The third kappa shape index (κ3) is 3.65. The fourth-order valence-corrected chi connectivity index (χ4v) is 2.83. The quantitative estimate of drug-likeness (QED) is 0.809. The molecule has 0 bridgehead atoms. The zero-order valence-electron chi connectivity index (χ0n) is 11.4. The smallest absolute Gasteiger partial charge is 0.124 e. The maximum Gasteiger partial charge on any atom is 0.124 e. The number of thioether (sulfide) groups is 1. The molecular weight excluding hydrogens is 230 g/mol. The highest BCUT2D eigenvalue weighted by molar-refractivity contribution is 8.00. The molecule has 0 fully saturated rings. The van der Waals surface area contributed by atoms with Crippen molar-refractivity contribution in [2.75, 3.05) is 7.11 Å². The number of ether oxygens (including phenoxy) is 1. The Labute approximate surface area is 109 Å². The lowest BCUT2D eigenvalue weighted by Gasteiger charge is -2.20. The van der Waals surface area contributed by atoms with E-state index in [1.807, 2.05) is 30.8 Å². The molecule has 0 radical (unpaired) electrons. The van der Waals surface area contributed by atoms with Gasteiger partial charge in [0.25, 0.3) is 0 Å². The van der Waals surface area contributed by atoms with Gasteiger partial charge in [-0.1, -0.05) is 26.8 Å². The van der Waals surface area contributed by atoms with Crippen molar-refractivity contribution in [1.29, 1.82) is 0 Å². The summed E-state index contributed by atoms with van der Waals surface area (Å²) in [5, 5.41) is 0.569. The van der Waals surface area contributed by atoms with Crippen LogP contribution in [0.5, 0.6) is 5.75 Å². The SMILES string of the molecule is COc1cccc(SC(C)C(C)C)c1[C@H](C)N. The van der Waals surface area contributed by atoms with Crippen molar-refractivity contribution in [1.82, 2.24) is 0 Å². The highest BCUT2D eigenvalue weighted by atomic mass is 32.2. The Hall–Kier alpha value is -0.670. The zero-order valence-corrected chi connectivity index (χ0v) is 12.2. The van der Waals surface area contributed by atoms with Gasteiger partial charge < -0.3 is 10.5 Å². The Kier molecular flexibility index (Phi) is 5.34. The molecule has 0 amide bonds. The molecule has 0 aliphatic rings. The van der Waals surface area contributed by atoms with Crippen molar-refractivity contribution >= 4 is 11.8 Å². The lowest BCUT2D eigenvalue weighted by molar-refractivity contribution is 0.405. The van der Waals surface area contributed by atoms with Gasteiger partial charge in [-0.15, -0.1) is 11.8 Å². The molecule has 0 spiro atoms. The molecule has 2 N–H and O–H groups in total. The first-order chi connectivity index (χ1) is 7.97. The standard InChI is InChI=1S/C14H23NOS/c1-9(2)11(4)17-13-8-6-7-12(16-5)14(13)10(3)15/h6-11H,15H2,1-5H3/t10-,11?/m0/s1. The van der Waals surface area contributed by atoms with Crippen LogP contribution >= 0.6 is 11.8 Å². The van der Waals surface area contributed by atoms with E-state index < -0.39 is 0 Å². The van der Waals surface area contributed by atoms with Crippen molar-refractivity contribution in [3.63, 3.8) is 0 Å². The maximum atomic E-state index is 6.05. The second-order valence-corrected chi connectivity index (χ2v) is 6.15. The summed E-state index contributed by atoms with van der Waals surface area (Å²) in [6.45, 7) is 8.73. The topological polar surface area (TPSA) is 35.2 Å². The van der Waals surface area contributed by atoms with Gasteiger partial charge in [0, 0.05) is 21.8 Å². The van der Waals surface area contributed by atoms with Crippen LogP contribution in [0.1, 0.15) is 39.3 Å². The number of hydrogen-bond acceptors (Lipinski definition) is 3. The van der Waals surface area contributed by atoms with Crippen LogP contribution < -0.4 is 10.5 Å². The van der Waals surface area contributed by atoms with E-state index in [2.05, 4.69) is 26.8 Å². The Bertz CT molecular complexity index is 363.